The highest BCUT2D eigenvalue weighted by atomic mass is 16.2. The predicted octanol–water partition coefficient (Wildman–Crippen LogP) is 0.977. The number of amides is 1. The van der Waals surface area contributed by atoms with Gasteiger partial charge in [-0.1, -0.05) is 0 Å². The van der Waals surface area contributed by atoms with Gasteiger partial charge in [0.2, 0.25) is 11.9 Å². The summed E-state index contributed by atoms with van der Waals surface area (Å²) in [5.74, 6) is -0.323. The van der Waals surface area contributed by atoms with Crippen molar-refractivity contribution in [3.8, 4) is 6.07 Å². The predicted molar refractivity (Wildman–Crippen MR) is 57.3 cm³/mol. The van der Waals surface area contributed by atoms with Gasteiger partial charge >= 0.3 is 0 Å². The molecule has 84 valence electrons. The number of hydrogen-bond acceptors (Lipinski definition) is 5. The van der Waals surface area contributed by atoms with Crippen LogP contribution in [-0.2, 0) is 4.79 Å². The summed E-state index contributed by atoms with van der Waals surface area (Å²) in [5, 5.41) is 18.8. The highest BCUT2D eigenvalue weighted by Gasteiger charge is 2.28. The van der Waals surface area contributed by atoms with Gasteiger partial charge in [0.25, 0.3) is 0 Å². The molecular formula is C10H13N5O. The van der Waals surface area contributed by atoms with Crippen LogP contribution in [0.15, 0.2) is 0 Å². The van der Waals surface area contributed by atoms with Gasteiger partial charge < -0.3 is 0 Å². The molecule has 6 heteroatoms. The summed E-state index contributed by atoms with van der Waals surface area (Å²) in [6, 6.07) is 1.90. The number of nitrogens with zero attached hydrogens (tertiary/aromatic N) is 4. The lowest BCUT2D eigenvalue weighted by Crippen LogP contribution is -2.30. The SMILES string of the molecule is Cc1nnc(NC(=O)C(C)(C)C#N)nc1C. The van der Waals surface area contributed by atoms with E-state index in [0.717, 1.165) is 0 Å². The number of aromatic nitrogens is 3. The summed E-state index contributed by atoms with van der Waals surface area (Å²) in [6.07, 6.45) is 0. The quantitative estimate of drug-likeness (QED) is 0.800. The molecule has 0 aliphatic heterocycles. The van der Waals surface area contributed by atoms with Crippen molar-refractivity contribution in [1.29, 1.82) is 5.26 Å². The number of hydrogen-bond donors (Lipinski definition) is 1. The van der Waals surface area contributed by atoms with E-state index in [1.165, 1.54) is 13.8 Å². The third kappa shape index (κ3) is 2.51. The van der Waals surface area contributed by atoms with Gasteiger partial charge in [0, 0.05) is 0 Å². The van der Waals surface area contributed by atoms with Gasteiger partial charge in [-0.2, -0.15) is 10.4 Å². The van der Waals surface area contributed by atoms with Crippen molar-refractivity contribution in [2.75, 3.05) is 5.32 Å². The lowest BCUT2D eigenvalue weighted by molar-refractivity contribution is -0.121. The summed E-state index contributed by atoms with van der Waals surface area (Å²) in [4.78, 5) is 15.7. The summed E-state index contributed by atoms with van der Waals surface area (Å²) in [7, 11) is 0. The monoisotopic (exact) mass is 219 g/mol. The van der Waals surface area contributed by atoms with Gasteiger partial charge in [-0.3, -0.25) is 10.1 Å². The van der Waals surface area contributed by atoms with Gasteiger partial charge in [-0.15, -0.1) is 5.10 Å². The Morgan fingerprint density at radius 2 is 1.94 bits per heavy atom. The molecule has 1 N–H and O–H groups in total. The largest absolute Gasteiger partial charge is 0.292 e. The maximum Gasteiger partial charge on any atom is 0.249 e. The van der Waals surface area contributed by atoms with E-state index in [1.54, 1.807) is 13.8 Å². The van der Waals surface area contributed by atoms with Crippen LogP contribution in [-0.4, -0.2) is 21.1 Å². The number of carbonyl (C=O) groups is 1. The molecule has 0 bridgehead atoms. The fraction of sp³-hybridized carbons (Fsp3) is 0.500. The zero-order valence-corrected chi connectivity index (χ0v) is 9.70. The van der Waals surface area contributed by atoms with Crippen LogP contribution in [0.25, 0.3) is 0 Å². The van der Waals surface area contributed by atoms with Crippen LogP contribution in [0.1, 0.15) is 25.2 Å². The minimum absolute atomic E-state index is 0.122. The number of aryl methyl sites for hydroxylation is 2. The number of rotatable bonds is 2. The van der Waals surface area contributed by atoms with E-state index in [1.807, 2.05) is 6.07 Å². The highest BCUT2D eigenvalue weighted by molar-refractivity contribution is 5.95. The van der Waals surface area contributed by atoms with E-state index < -0.39 is 11.3 Å². The van der Waals surface area contributed by atoms with Crippen molar-refractivity contribution in [2.24, 2.45) is 5.41 Å². The molecule has 0 saturated carbocycles. The van der Waals surface area contributed by atoms with Crippen molar-refractivity contribution in [1.82, 2.24) is 15.2 Å². The molecule has 1 aromatic rings. The highest BCUT2D eigenvalue weighted by Crippen LogP contribution is 2.15. The Balaban J connectivity index is 2.87. The second kappa shape index (κ2) is 4.23. The van der Waals surface area contributed by atoms with Crippen LogP contribution in [0.2, 0.25) is 0 Å². The number of nitrogens with one attached hydrogen (secondary N) is 1. The molecule has 1 amide bonds. The standard InChI is InChI=1S/C10H13N5O/c1-6-7(2)14-15-9(12-6)13-8(16)10(3,4)5-11/h1-4H3,(H,12,13,15,16). The number of nitriles is 1. The first kappa shape index (κ1) is 12.0. The lowest BCUT2D eigenvalue weighted by atomic mass is 9.95. The minimum Gasteiger partial charge on any atom is -0.292 e. The maximum atomic E-state index is 11.6. The Hall–Kier alpha value is -2.03. The van der Waals surface area contributed by atoms with E-state index in [4.69, 9.17) is 5.26 Å². The first-order valence-electron chi connectivity index (χ1n) is 4.77. The first-order valence-corrected chi connectivity index (χ1v) is 4.77. The molecule has 6 nitrogen and oxygen atoms in total. The molecular weight excluding hydrogens is 206 g/mol. The molecule has 0 saturated heterocycles. The third-order valence-electron chi connectivity index (χ3n) is 2.16. The Labute approximate surface area is 93.7 Å². The summed E-state index contributed by atoms with van der Waals surface area (Å²) >= 11 is 0. The van der Waals surface area contributed by atoms with Gasteiger partial charge in [-0.25, -0.2) is 4.98 Å². The summed E-state index contributed by atoms with van der Waals surface area (Å²) in [5.41, 5.74) is 0.292. The average Bonchev–Trinajstić information content (AvgIpc) is 2.23. The van der Waals surface area contributed by atoms with Crippen molar-refractivity contribution in [3.63, 3.8) is 0 Å². The van der Waals surface area contributed by atoms with E-state index in [9.17, 15) is 4.79 Å². The van der Waals surface area contributed by atoms with E-state index in [0.29, 0.717) is 11.4 Å². The molecule has 0 unspecified atom stereocenters. The molecule has 0 aliphatic rings. The second-order valence-corrected chi connectivity index (χ2v) is 4.00. The van der Waals surface area contributed by atoms with Crippen molar-refractivity contribution in [3.05, 3.63) is 11.4 Å². The molecule has 0 aromatic carbocycles. The second-order valence-electron chi connectivity index (χ2n) is 4.00. The van der Waals surface area contributed by atoms with Crippen molar-refractivity contribution in [2.45, 2.75) is 27.7 Å². The molecule has 1 aromatic heterocycles. The van der Waals surface area contributed by atoms with Crippen LogP contribution in [0.4, 0.5) is 5.95 Å². The Bertz CT molecular complexity index is 461. The van der Waals surface area contributed by atoms with Gasteiger partial charge in [-0.05, 0) is 27.7 Å². The fourth-order valence-electron chi connectivity index (χ4n) is 0.818. The Morgan fingerprint density at radius 1 is 1.31 bits per heavy atom. The zero-order valence-electron chi connectivity index (χ0n) is 9.70. The van der Waals surface area contributed by atoms with Crippen LogP contribution in [0.5, 0.6) is 0 Å². The molecule has 0 radical (unpaired) electrons. The molecule has 1 heterocycles. The lowest BCUT2D eigenvalue weighted by Gasteiger charge is -2.13. The minimum atomic E-state index is -1.11. The van der Waals surface area contributed by atoms with Crippen LogP contribution >= 0.6 is 0 Å². The van der Waals surface area contributed by atoms with Gasteiger partial charge in [0.1, 0.15) is 5.41 Å². The molecule has 0 atom stereocenters. The van der Waals surface area contributed by atoms with Crippen molar-refractivity contribution >= 4 is 11.9 Å². The van der Waals surface area contributed by atoms with E-state index in [2.05, 4.69) is 20.5 Å². The summed E-state index contributed by atoms with van der Waals surface area (Å²) in [6.45, 7) is 6.60. The van der Waals surface area contributed by atoms with E-state index in [-0.39, 0.29) is 5.95 Å². The Kier molecular flexibility index (Phi) is 3.18. The third-order valence-corrected chi connectivity index (χ3v) is 2.16. The Morgan fingerprint density at radius 3 is 2.44 bits per heavy atom. The number of anilines is 1. The average molecular weight is 219 g/mol. The first-order chi connectivity index (χ1) is 7.36. The molecule has 16 heavy (non-hydrogen) atoms. The normalized spacial score (nSPS) is 10.7. The van der Waals surface area contributed by atoms with Crippen LogP contribution < -0.4 is 5.32 Å². The van der Waals surface area contributed by atoms with Gasteiger partial charge in [0.15, 0.2) is 0 Å². The van der Waals surface area contributed by atoms with Gasteiger partial charge in [0.05, 0.1) is 17.5 Å². The summed E-state index contributed by atoms with van der Waals surface area (Å²) < 4.78 is 0. The molecule has 0 aliphatic carbocycles. The smallest absolute Gasteiger partial charge is 0.249 e. The molecule has 0 fully saturated rings. The number of carbonyl (C=O) groups excluding carboxylic acids is 1. The zero-order chi connectivity index (χ0) is 12.3. The van der Waals surface area contributed by atoms with E-state index >= 15 is 0 Å². The van der Waals surface area contributed by atoms with Crippen molar-refractivity contribution < 1.29 is 4.79 Å². The fourth-order valence-corrected chi connectivity index (χ4v) is 0.818. The molecule has 1 rings (SSSR count). The molecule has 0 spiro atoms. The van der Waals surface area contributed by atoms with Crippen LogP contribution in [0, 0.1) is 30.6 Å². The van der Waals surface area contributed by atoms with Crippen LogP contribution in [0.3, 0.4) is 0 Å². The topological polar surface area (TPSA) is 91.6 Å². The maximum absolute atomic E-state index is 11.6.